The van der Waals surface area contributed by atoms with E-state index in [1.807, 2.05) is 6.08 Å². The Morgan fingerprint density at radius 3 is 2.50 bits per heavy atom. The van der Waals surface area contributed by atoms with Crippen molar-refractivity contribution in [1.29, 1.82) is 0 Å². The SMILES string of the molecule is CCCC/C=C\COC(=O)/C=C\C(=O)O.[NaH]. The molecule has 0 radical (unpaired) electrons. The van der Waals surface area contributed by atoms with Crippen LogP contribution in [0.5, 0.6) is 0 Å². The summed E-state index contributed by atoms with van der Waals surface area (Å²) < 4.78 is 4.70. The van der Waals surface area contributed by atoms with Crippen molar-refractivity contribution in [3.05, 3.63) is 24.3 Å². The summed E-state index contributed by atoms with van der Waals surface area (Å²) in [6.07, 6.45) is 8.55. The summed E-state index contributed by atoms with van der Waals surface area (Å²) in [6, 6.07) is 0. The third kappa shape index (κ3) is 13.4. The van der Waals surface area contributed by atoms with E-state index in [0.29, 0.717) is 0 Å². The number of unbranched alkanes of at least 4 members (excludes halogenated alkanes) is 2. The maximum absolute atomic E-state index is 10.8. The van der Waals surface area contributed by atoms with Gasteiger partial charge in [0.2, 0.25) is 0 Å². The summed E-state index contributed by atoms with van der Waals surface area (Å²) >= 11 is 0. The van der Waals surface area contributed by atoms with Crippen LogP contribution in [-0.4, -0.2) is 53.2 Å². The van der Waals surface area contributed by atoms with E-state index in [9.17, 15) is 9.59 Å². The average molecular weight is 236 g/mol. The molecule has 0 aliphatic heterocycles. The Bertz CT molecular complexity index is 259. The van der Waals surface area contributed by atoms with Crippen molar-refractivity contribution in [2.75, 3.05) is 6.61 Å². The number of carbonyl (C=O) groups is 2. The Labute approximate surface area is 118 Å². The first-order valence-electron chi connectivity index (χ1n) is 4.89. The van der Waals surface area contributed by atoms with Gasteiger partial charge in [-0.3, -0.25) is 0 Å². The molecule has 0 aromatic carbocycles. The zero-order valence-electron chi connectivity index (χ0n) is 8.81. The fourth-order valence-electron chi connectivity index (χ4n) is 0.826. The maximum atomic E-state index is 10.8. The number of aliphatic carboxylic acids is 1. The van der Waals surface area contributed by atoms with Gasteiger partial charge in [0.05, 0.1) is 0 Å². The van der Waals surface area contributed by atoms with E-state index in [-0.39, 0.29) is 36.2 Å². The van der Waals surface area contributed by atoms with Gasteiger partial charge in [-0.25, -0.2) is 9.59 Å². The zero-order chi connectivity index (χ0) is 11.5. The summed E-state index contributed by atoms with van der Waals surface area (Å²) in [7, 11) is 0. The standard InChI is InChI=1S/C11H16O4.Na.H/c1-2-3-4-5-6-9-15-11(14)8-7-10(12)13;;/h5-8H,2-4,9H2,1H3,(H,12,13);;/b6-5-,8-7-;;. The van der Waals surface area contributed by atoms with Gasteiger partial charge in [0, 0.05) is 12.2 Å². The topological polar surface area (TPSA) is 63.6 Å². The fraction of sp³-hybridized carbons (Fsp3) is 0.455. The van der Waals surface area contributed by atoms with Gasteiger partial charge < -0.3 is 9.84 Å². The first kappa shape index (κ1) is 17.8. The van der Waals surface area contributed by atoms with Crippen molar-refractivity contribution in [2.45, 2.75) is 26.2 Å². The van der Waals surface area contributed by atoms with E-state index in [2.05, 4.69) is 6.92 Å². The molecule has 1 N–H and O–H groups in total. The Morgan fingerprint density at radius 2 is 1.94 bits per heavy atom. The normalized spacial score (nSPS) is 10.3. The molecule has 0 aromatic rings. The van der Waals surface area contributed by atoms with E-state index in [1.54, 1.807) is 6.08 Å². The van der Waals surface area contributed by atoms with Crippen LogP contribution in [0.2, 0.25) is 0 Å². The Morgan fingerprint density at radius 1 is 1.25 bits per heavy atom. The van der Waals surface area contributed by atoms with Crippen LogP contribution in [0.3, 0.4) is 0 Å². The Balaban J connectivity index is 0. The molecular weight excluding hydrogens is 219 g/mol. The molecule has 0 saturated carbocycles. The predicted octanol–water partition coefficient (Wildman–Crippen LogP) is 1.27. The van der Waals surface area contributed by atoms with Gasteiger partial charge in [-0.1, -0.05) is 31.9 Å². The van der Waals surface area contributed by atoms with Gasteiger partial charge in [0.15, 0.2) is 0 Å². The van der Waals surface area contributed by atoms with Crippen LogP contribution in [0.15, 0.2) is 24.3 Å². The van der Waals surface area contributed by atoms with Crippen molar-refractivity contribution >= 4 is 41.5 Å². The third-order valence-corrected chi connectivity index (χ3v) is 1.57. The molecule has 0 amide bonds. The molecule has 0 unspecified atom stereocenters. The molecule has 5 heteroatoms. The predicted molar refractivity (Wildman–Crippen MR) is 63.5 cm³/mol. The third-order valence-electron chi connectivity index (χ3n) is 1.57. The molecule has 86 valence electrons. The van der Waals surface area contributed by atoms with Crippen LogP contribution in [0.25, 0.3) is 0 Å². The van der Waals surface area contributed by atoms with Crippen molar-refractivity contribution in [3.63, 3.8) is 0 Å². The molecule has 0 fully saturated rings. The quantitative estimate of drug-likeness (QED) is 0.238. The van der Waals surface area contributed by atoms with E-state index in [4.69, 9.17) is 9.84 Å². The number of ether oxygens (including phenoxy) is 1. The van der Waals surface area contributed by atoms with Crippen LogP contribution < -0.4 is 0 Å². The molecular formula is C11H17NaO4. The molecule has 0 heterocycles. The van der Waals surface area contributed by atoms with Gasteiger partial charge in [0.25, 0.3) is 0 Å². The number of esters is 1. The summed E-state index contributed by atoms with van der Waals surface area (Å²) in [5, 5.41) is 8.22. The first-order chi connectivity index (χ1) is 7.16. The van der Waals surface area contributed by atoms with Gasteiger partial charge in [-0.15, -0.1) is 0 Å². The molecule has 0 aromatic heterocycles. The van der Waals surface area contributed by atoms with E-state index >= 15 is 0 Å². The molecule has 16 heavy (non-hydrogen) atoms. The molecule has 0 aliphatic rings. The molecule has 0 bridgehead atoms. The summed E-state index contributed by atoms with van der Waals surface area (Å²) in [5.41, 5.74) is 0. The average Bonchev–Trinajstić information content (AvgIpc) is 2.20. The van der Waals surface area contributed by atoms with Crippen LogP contribution in [0.4, 0.5) is 0 Å². The van der Waals surface area contributed by atoms with E-state index in [1.165, 1.54) is 0 Å². The summed E-state index contributed by atoms with van der Waals surface area (Å²) in [6.45, 7) is 2.29. The zero-order valence-corrected chi connectivity index (χ0v) is 8.81. The molecule has 0 atom stereocenters. The number of hydrogen-bond donors (Lipinski definition) is 1. The fourth-order valence-corrected chi connectivity index (χ4v) is 0.826. The molecule has 0 aliphatic carbocycles. The van der Waals surface area contributed by atoms with Crippen molar-refractivity contribution < 1.29 is 19.4 Å². The van der Waals surface area contributed by atoms with Gasteiger partial charge >= 0.3 is 41.5 Å². The number of hydrogen-bond acceptors (Lipinski definition) is 3. The Hall–Kier alpha value is -0.580. The van der Waals surface area contributed by atoms with Crippen molar-refractivity contribution in [3.8, 4) is 0 Å². The second kappa shape index (κ2) is 12.5. The van der Waals surface area contributed by atoms with E-state index in [0.717, 1.165) is 31.4 Å². The van der Waals surface area contributed by atoms with Gasteiger partial charge in [-0.2, -0.15) is 0 Å². The number of carboxylic acids is 1. The number of carbonyl (C=O) groups excluding carboxylic acids is 1. The van der Waals surface area contributed by atoms with Crippen molar-refractivity contribution in [1.82, 2.24) is 0 Å². The van der Waals surface area contributed by atoms with Crippen molar-refractivity contribution in [2.24, 2.45) is 0 Å². The minimum atomic E-state index is -1.16. The number of allylic oxidation sites excluding steroid dienone is 1. The van der Waals surface area contributed by atoms with E-state index < -0.39 is 11.9 Å². The van der Waals surface area contributed by atoms with Gasteiger partial charge in [0.1, 0.15) is 6.61 Å². The number of carboxylic acid groups (broad SMARTS) is 1. The minimum absolute atomic E-state index is 0. The van der Waals surface area contributed by atoms with Crippen LogP contribution in [-0.2, 0) is 14.3 Å². The monoisotopic (exact) mass is 236 g/mol. The second-order valence-electron chi connectivity index (χ2n) is 2.92. The Kier molecular flexibility index (Phi) is 13.9. The van der Waals surface area contributed by atoms with Gasteiger partial charge in [-0.05, 0) is 6.42 Å². The molecule has 0 saturated heterocycles. The van der Waals surface area contributed by atoms with Crippen LogP contribution >= 0.6 is 0 Å². The summed E-state index contributed by atoms with van der Waals surface area (Å²) in [5.74, 6) is -1.80. The number of rotatable bonds is 7. The molecule has 4 nitrogen and oxygen atoms in total. The van der Waals surface area contributed by atoms with Crippen LogP contribution in [0.1, 0.15) is 26.2 Å². The first-order valence-corrected chi connectivity index (χ1v) is 4.89. The molecule has 0 rings (SSSR count). The summed E-state index contributed by atoms with van der Waals surface area (Å²) in [4.78, 5) is 20.9. The molecule has 0 spiro atoms. The van der Waals surface area contributed by atoms with Crippen LogP contribution in [0, 0.1) is 0 Å². The second-order valence-corrected chi connectivity index (χ2v) is 2.92.